The number of rotatable bonds is 5. The van der Waals surface area contributed by atoms with E-state index in [0.717, 1.165) is 42.2 Å². The zero-order chi connectivity index (χ0) is 22.2. The predicted molar refractivity (Wildman–Crippen MR) is 124 cm³/mol. The van der Waals surface area contributed by atoms with Gasteiger partial charge in [0.25, 0.3) is 5.91 Å². The largest absolute Gasteiger partial charge is 0.366 e. The first-order valence-corrected chi connectivity index (χ1v) is 11.0. The smallest absolute Gasteiger partial charge is 0.252 e. The molecule has 0 aliphatic heterocycles. The van der Waals surface area contributed by atoms with Crippen LogP contribution in [0.15, 0.2) is 48.7 Å². The number of benzene rings is 1. The average Bonchev–Trinajstić information content (AvgIpc) is 3.13. The van der Waals surface area contributed by atoms with Gasteiger partial charge in [-0.1, -0.05) is 37.3 Å². The summed E-state index contributed by atoms with van der Waals surface area (Å²) in [5.74, 6) is 1.57. The summed E-state index contributed by atoms with van der Waals surface area (Å²) in [4.78, 5) is 26.5. The molecule has 3 heterocycles. The number of hydrogen-bond acceptors (Lipinski definition) is 5. The lowest BCUT2D eigenvalue weighted by Gasteiger charge is -2.24. The lowest BCUT2D eigenvalue weighted by molar-refractivity contribution is 0.100. The van der Waals surface area contributed by atoms with E-state index in [1.807, 2.05) is 35.7 Å². The van der Waals surface area contributed by atoms with E-state index < -0.39 is 5.91 Å². The molecule has 4 aromatic rings. The summed E-state index contributed by atoms with van der Waals surface area (Å²) in [6.45, 7) is 4.87. The van der Waals surface area contributed by atoms with E-state index in [2.05, 4.69) is 29.4 Å². The molecular formula is C25H26N6O. The van der Waals surface area contributed by atoms with Crippen molar-refractivity contribution in [2.24, 2.45) is 11.7 Å². The highest BCUT2D eigenvalue weighted by atomic mass is 16.1. The number of nitrogens with two attached hydrogens (primary N) is 1. The van der Waals surface area contributed by atoms with Crippen LogP contribution in [0.4, 0.5) is 5.82 Å². The monoisotopic (exact) mass is 426 g/mol. The molecule has 0 bridgehead atoms. The standard InChI is InChI=1S/C25H26N6O/c1-15-10-11-18-20(13-15)29-24(30-23(18)27-14-17-7-4-3-5-8-17)21-16(2)28-25-19(22(26)32)9-6-12-31(21)25/h3-9,12,15H,10-11,13-14H2,1-2H3,(H2,26,32)(H,27,29,30). The number of nitrogens with one attached hydrogen (secondary N) is 1. The molecule has 0 fully saturated rings. The fraction of sp³-hybridized carbons (Fsp3) is 0.280. The second-order valence-electron chi connectivity index (χ2n) is 8.53. The van der Waals surface area contributed by atoms with Crippen LogP contribution >= 0.6 is 0 Å². The molecule has 32 heavy (non-hydrogen) atoms. The second-order valence-corrected chi connectivity index (χ2v) is 8.53. The molecule has 162 valence electrons. The maximum absolute atomic E-state index is 11.9. The Morgan fingerprint density at radius 2 is 1.97 bits per heavy atom. The maximum Gasteiger partial charge on any atom is 0.252 e. The van der Waals surface area contributed by atoms with Crippen molar-refractivity contribution in [3.63, 3.8) is 0 Å². The van der Waals surface area contributed by atoms with Crippen molar-refractivity contribution in [3.05, 3.63) is 76.7 Å². The molecule has 0 saturated carbocycles. The van der Waals surface area contributed by atoms with Crippen molar-refractivity contribution in [1.82, 2.24) is 19.4 Å². The first kappa shape index (κ1) is 20.2. The minimum atomic E-state index is -0.502. The first-order chi connectivity index (χ1) is 15.5. The van der Waals surface area contributed by atoms with Crippen LogP contribution in [0, 0.1) is 12.8 Å². The number of amides is 1. The number of carbonyl (C=O) groups excluding carboxylic acids is 1. The number of hydrogen-bond donors (Lipinski definition) is 2. The molecule has 1 atom stereocenters. The number of fused-ring (bicyclic) bond motifs is 2. The number of aryl methyl sites for hydroxylation is 1. The summed E-state index contributed by atoms with van der Waals surface area (Å²) in [7, 11) is 0. The lowest BCUT2D eigenvalue weighted by Crippen LogP contribution is -2.18. The quantitative estimate of drug-likeness (QED) is 0.504. The van der Waals surface area contributed by atoms with Crippen LogP contribution in [0.1, 0.15) is 46.2 Å². The Bertz CT molecular complexity index is 1310. The van der Waals surface area contributed by atoms with Crippen LogP contribution < -0.4 is 11.1 Å². The van der Waals surface area contributed by atoms with Gasteiger partial charge in [-0.25, -0.2) is 15.0 Å². The van der Waals surface area contributed by atoms with Gasteiger partial charge in [0.1, 0.15) is 17.2 Å². The van der Waals surface area contributed by atoms with Gasteiger partial charge >= 0.3 is 0 Å². The fourth-order valence-electron chi connectivity index (χ4n) is 4.46. The third-order valence-electron chi connectivity index (χ3n) is 6.13. The van der Waals surface area contributed by atoms with E-state index in [4.69, 9.17) is 15.7 Å². The molecule has 0 radical (unpaired) electrons. The van der Waals surface area contributed by atoms with Crippen LogP contribution in [-0.2, 0) is 19.4 Å². The maximum atomic E-state index is 11.9. The van der Waals surface area contributed by atoms with Gasteiger partial charge < -0.3 is 11.1 Å². The van der Waals surface area contributed by atoms with Crippen molar-refractivity contribution in [3.8, 4) is 11.5 Å². The van der Waals surface area contributed by atoms with Crippen molar-refractivity contribution in [2.75, 3.05) is 5.32 Å². The molecule has 5 rings (SSSR count). The molecular weight excluding hydrogens is 400 g/mol. The predicted octanol–water partition coefficient (Wildman–Crippen LogP) is 3.94. The number of primary amides is 1. The van der Waals surface area contributed by atoms with Crippen LogP contribution in [0.2, 0.25) is 0 Å². The van der Waals surface area contributed by atoms with Crippen molar-refractivity contribution < 1.29 is 4.79 Å². The highest BCUT2D eigenvalue weighted by Crippen LogP contribution is 2.32. The third kappa shape index (κ3) is 3.60. The normalized spacial score (nSPS) is 15.5. The zero-order valence-electron chi connectivity index (χ0n) is 18.3. The second kappa shape index (κ2) is 8.07. The van der Waals surface area contributed by atoms with E-state index in [0.29, 0.717) is 29.5 Å². The molecule has 1 amide bonds. The van der Waals surface area contributed by atoms with Crippen molar-refractivity contribution >= 4 is 17.4 Å². The summed E-state index contributed by atoms with van der Waals surface area (Å²) in [6.07, 6.45) is 4.89. The Kier molecular flexibility index (Phi) is 5.09. The highest BCUT2D eigenvalue weighted by molar-refractivity contribution is 5.99. The van der Waals surface area contributed by atoms with E-state index in [-0.39, 0.29) is 0 Å². The minimum absolute atomic E-state index is 0.385. The average molecular weight is 427 g/mol. The Morgan fingerprint density at radius 1 is 1.16 bits per heavy atom. The topological polar surface area (TPSA) is 98.2 Å². The highest BCUT2D eigenvalue weighted by Gasteiger charge is 2.24. The van der Waals surface area contributed by atoms with Gasteiger partial charge in [-0.15, -0.1) is 0 Å². The number of carbonyl (C=O) groups is 1. The molecule has 7 heteroatoms. The van der Waals surface area contributed by atoms with Crippen LogP contribution in [0.25, 0.3) is 17.2 Å². The number of aromatic nitrogens is 4. The molecule has 0 spiro atoms. The van der Waals surface area contributed by atoms with Gasteiger partial charge in [-0.3, -0.25) is 9.20 Å². The van der Waals surface area contributed by atoms with E-state index in [1.54, 1.807) is 12.1 Å². The fourth-order valence-corrected chi connectivity index (χ4v) is 4.46. The number of nitrogens with zero attached hydrogens (tertiary/aromatic N) is 4. The van der Waals surface area contributed by atoms with Crippen molar-refractivity contribution in [1.29, 1.82) is 0 Å². The Labute approximate surface area is 186 Å². The van der Waals surface area contributed by atoms with Crippen molar-refractivity contribution in [2.45, 2.75) is 39.7 Å². The summed E-state index contributed by atoms with van der Waals surface area (Å²) in [5.41, 5.74) is 11.5. The molecule has 1 aromatic carbocycles. The van der Waals surface area contributed by atoms with Gasteiger partial charge in [-0.05, 0) is 49.8 Å². The van der Waals surface area contributed by atoms with E-state index in [9.17, 15) is 4.79 Å². The van der Waals surface area contributed by atoms with Crippen LogP contribution in [0.3, 0.4) is 0 Å². The summed E-state index contributed by atoms with van der Waals surface area (Å²) < 4.78 is 1.87. The lowest BCUT2D eigenvalue weighted by atomic mass is 9.88. The SMILES string of the molecule is Cc1nc2c(C(N)=O)cccn2c1-c1nc2c(c(NCc3ccccc3)n1)CCC(C)C2. The molecule has 1 aliphatic rings. The number of anilines is 1. The summed E-state index contributed by atoms with van der Waals surface area (Å²) in [6, 6.07) is 13.8. The Balaban J connectivity index is 1.63. The molecule has 7 nitrogen and oxygen atoms in total. The van der Waals surface area contributed by atoms with Gasteiger partial charge in [0.2, 0.25) is 0 Å². The zero-order valence-corrected chi connectivity index (χ0v) is 18.3. The molecule has 1 unspecified atom stereocenters. The van der Waals surface area contributed by atoms with Gasteiger partial charge in [0.05, 0.1) is 17.0 Å². The third-order valence-corrected chi connectivity index (χ3v) is 6.13. The van der Waals surface area contributed by atoms with Gasteiger partial charge in [-0.2, -0.15) is 0 Å². The summed E-state index contributed by atoms with van der Waals surface area (Å²) >= 11 is 0. The first-order valence-electron chi connectivity index (χ1n) is 11.0. The molecule has 3 aromatic heterocycles. The molecule has 3 N–H and O–H groups in total. The van der Waals surface area contributed by atoms with E-state index >= 15 is 0 Å². The van der Waals surface area contributed by atoms with Crippen LogP contribution in [-0.4, -0.2) is 25.3 Å². The number of imidazole rings is 1. The Morgan fingerprint density at radius 3 is 2.75 bits per heavy atom. The van der Waals surface area contributed by atoms with Gasteiger partial charge in [0.15, 0.2) is 5.82 Å². The summed E-state index contributed by atoms with van der Waals surface area (Å²) in [5, 5.41) is 3.55. The molecule has 1 aliphatic carbocycles. The van der Waals surface area contributed by atoms with Crippen LogP contribution in [0.5, 0.6) is 0 Å². The van der Waals surface area contributed by atoms with Gasteiger partial charge in [0, 0.05) is 18.3 Å². The van der Waals surface area contributed by atoms with E-state index in [1.165, 1.54) is 11.1 Å². The molecule has 0 saturated heterocycles. The Hall–Kier alpha value is -3.74. The minimum Gasteiger partial charge on any atom is -0.366 e. The number of pyridine rings is 1.